The first-order valence-corrected chi connectivity index (χ1v) is 8.21. The standard InChI is InChI=1S/C15H25N5O/c21-15(6-5-12-7-8-16-10-12)17-11-14-19-18-13-4-2-1-3-9-20(13)14/h12,16H,1-11H2,(H,17,21). The number of carbonyl (C=O) groups is 1. The van der Waals surface area contributed by atoms with Crippen LogP contribution in [0.1, 0.15) is 50.2 Å². The maximum absolute atomic E-state index is 11.9. The largest absolute Gasteiger partial charge is 0.349 e. The highest BCUT2D eigenvalue weighted by Gasteiger charge is 2.17. The molecule has 6 heteroatoms. The highest BCUT2D eigenvalue weighted by Crippen LogP contribution is 2.15. The number of nitrogens with zero attached hydrogens (tertiary/aromatic N) is 3. The van der Waals surface area contributed by atoms with Crippen LogP contribution in [0.4, 0.5) is 0 Å². The van der Waals surface area contributed by atoms with Gasteiger partial charge in [-0.15, -0.1) is 10.2 Å². The van der Waals surface area contributed by atoms with Crippen LogP contribution in [-0.4, -0.2) is 33.8 Å². The SMILES string of the molecule is O=C(CCC1CCNC1)NCc1nnc2n1CCCCC2. The average Bonchev–Trinajstić information content (AvgIpc) is 3.08. The van der Waals surface area contributed by atoms with Gasteiger partial charge in [0.05, 0.1) is 6.54 Å². The van der Waals surface area contributed by atoms with Crippen LogP contribution in [0.15, 0.2) is 0 Å². The van der Waals surface area contributed by atoms with Crippen molar-refractivity contribution >= 4 is 5.91 Å². The molecule has 116 valence electrons. The second-order valence-corrected chi connectivity index (χ2v) is 6.17. The van der Waals surface area contributed by atoms with E-state index in [1.165, 1.54) is 25.7 Å². The van der Waals surface area contributed by atoms with Crippen molar-refractivity contribution in [2.75, 3.05) is 13.1 Å². The zero-order valence-corrected chi connectivity index (χ0v) is 12.6. The molecule has 0 spiro atoms. The lowest BCUT2D eigenvalue weighted by atomic mass is 10.0. The van der Waals surface area contributed by atoms with E-state index in [0.29, 0.717) is 18.9 Å². The molecule has 3 heterocycles. The van der Waals surface area contributed by atoms with Crippen molar-refractivity contribution in [2.45, 2.75) is 58.0 Å². The van der Waals surface area contributed by atoms with E-state index in [-0.39, 0.29) is 5.91 Å². The van der Waals surface area contributed by atoms with Crippen LogP contribution in [-0.2, 0) is 24.3 Å². The van der Waals surface area contributed by atoms with Crippen LogP contribution in [0.3, 0.4) is 0 Å². The van der Waals surface area contributed by atoms with Crippen molar-refractivity contribution in [2.24, 2.45) is 5.92 Å². The van der Waals surface area contributed by atoms with Crippen molar-refractivity contribution < 1.29 is 4.79 Å². The summed E-state index contributed by atoms with van der Waals surface area (Å²) in [6.45, 7) is 3.65. The summed E-state index contributed by atoms with van der Waals surface area (Å²) < 4.78 is 2.19. The molecule has 2 N–H and O–H groups in total. The molecule has 6 nitrogen and oxygen atoms in total. The van der Waals surface area contributed by atoms with Crippen molar-refractivity contribution in [3.63, 3.8) is 0 Å². The van der Waals surface area contributed by atoms with Gasteiger partial charge in [-0.2, -0.15) is 0 Å². The number of fused-ring (bicyclic) bond motifs is 1. The third-order valence-corrected chi connectivity index (χ3v) is 4.57. The first kappa shape index (κ1) is 14.5. The fourth-order valence-electron chi connectivity index (χ4n) is 3.24. The van der Waals surface area contributed by atoms with Crippen LogP contribution in [0.5, 0.6) is 0 Å². The zero-order valence-electron chi connectivity index (χ0n) is 12.6. The molecule has 2 aliphatic rings. The molecule has 3 rings (SSSR count). The molecule has 21 heavy (non-hydrogen) atoms. The van der Waals surface area contributed by atoms with Gasteiger partial charge in [0, 0.05) is 19.4 Å². The highest BCUT2D eigenvalue weighted by molar-refractivity contribution is 5.75. The maximum Gasteiger partial charge on any atom is 0.220 e. The summed E-state index contributed by atoms with van der Waals surface area (Å²) in [5.74, 6) is 2.78. The van der Waals surface area contributed by atoms with Gasteiger partial charge in [0.25, 0.3) is 0 Å². The Morgan fingerprint density at radius 1 is 1.33 bits per heavy atom. The van der Waals surface area contributed by atoms with Gasteiger partial charge in [0.1, 0.15) is 5.82 Å². The van der Waals surface area contributed by atoms with E-state index in [1.807, 2.05) is 0 Å². The summed E-state index contributed by atoms with van der Waals surface area (Å²) in [4.78, 5) is 11.9. The number of aromatic nitrogens is 3. The van der Waals surface area contributed by atoms with Crippen molar-refractivity contribution in [3.8, 4) is 0 Å². The van der Waals surface area contributed by atoms with Crippen molar-refractivity contribution in [3.05, 3.63) is 11.6 Å². The Bertz CT molecular complexity index is 478. The van der Waals surface area contributed by atoms with Crippen LogP contribution < -0.4 is 10.6 Å². The van der Waals surface area contributed by atoms with Crippen LogP contribution in [0.25, 0.3) is 0 Å². The number of aryl methyl sites for hydroxylation is 1. The summed E-state index contributed by atoms with van der Waals surface area (Å²) in [7, 11) is 0. The van der Waals surface area contributed by atoms with Crippen molar-refractivity contribution in [1.82, 2.24) is 25.4 Å². The van der Waals surface area contributed by atoms with E-state index in [0.717, 1.165) is 44.1 Å². The van der Waals surface area contributed by atoms with Crippen molar-refractivity contribution in [1.29, 1.82) is 0 Å². The highest BCUT2D eigenvalue weighted by atomic mass is 16.1. The van der Waals surface area contributed by atoms with Crippen LogP contribution >= 0.6 is 0 Å². The Morgan fingerprint density at radius 2 is 2.29 bits per heavy atom. The monoisotopic (exact) mass is 291 g/mol. The molecule has 0 aliphatic carbocycles. The molecule has 1 atom stereocenters. The first-order valence-electron chi connectivity index (χ1n) is 8.21. The zero-order chi connectivity index (χ0) is 14.5. The van der Waals surface area contributed by atoms with E-state index in [2.05, 4.69) is 25.4 Å². The van der Waals surface area contributed by atoms with Gasteiger partial charge in [-0.1, -0.05) is 6.42 Å². The molecule has 1 aromatic heterocycles. The van der Waals surface area contributed by atoms with Gasteiger partial charge in [-0.25, -0.2) is 0 Å². The molecule has 0 bridgehead atoms. The predicted octanol–water partition coefficient (Wildman–Crippen LogP) is 1.01. The van der Waals surface area contributed by atoms with Gasteiger partial charge in [-0.05, 0) is 44.7 Å². The van der Waals surface area contributed by atoms with E-state index in [1.54, 1.807) is 0 Å². The molecule has 2 aliphatic heterocycles. The molecule has 1 aromatic rings. The summed E-state index contributed by atoms with van der Waals surface area (Å²) in [6, 6.07) is 0. The molecule has 0 saturated carbocycles. The van der Waals surface area contributed by atoms with Gasteiger partial charge in [0.15, 0.2) is 5.82 Å². The summed E-state index contributed by atoms with van der Waals surface area (Å²) in [5.41, 5.74) is 0. The average molecular weight is 291 g/mol. The molecular formula is C15H25N5O. The van der Waals surface area contributed by atoms with E-state index in [9.17, 15) is 4.79 Å². The number of rotatable bonds is 5. The predicted molar refractivity (Wildman–Crippen MR) is 79.6 cm³/mol. The van der Waals surface area contributed by atoms with Gasteiger partial charge >= 0.3 is 0 Å². The first-order chi connectivity index (χ1) is 10.3. The van der Waals surface area contributed by atoms with Gasteiger partial charge in [0.2, 0.25) is 5.91 Å². The summed E-state index contributed by atoms with van der Waals surface area (Å²) in [5, 5.41) is 14.8. The number of hydrogen-bond donors (Lipinski definition) is 2. The lowest BCUT2D eigenvalue weighted by Gasteiger charge is -2.10. The Balaban J connectivity index is 1.46. The minimum atomic E-state index is 0.132. The maximum atomic E-state index is 11.9. The topological polar surface area (TPSA) is 71.8 Å². The number of hydrogen-bond acceptors (Lipinski definition) is 4. The number of nitrogens with one attached hydrogen (secondary N) is 2. The fraction of sp³-hybridized carbons (Fsp3) is 0.800. The van der Waals surface area contributed by atoms with Crippen LogP contribution in [0, 0.1) is 5.92 Å². The number of carbonyl (C=O) groups excluding carboxylic acids is 1. The summed E-state index contributed by atoms with van der Waals surface area (Å²) in [6.07, 6.45) is 7.44. The van der Waals surface area contributed by atoms with E-state index in [4.69, 9.17) is 0 Å². The van der Waals surface area contributed by atoms with Gasteiger partial charge in [-0.3, -0.25) is 4.79 Å². The summed E-state index contributed by atoms with van der Waals surface area (Å²) >= 11 is 0. The molecular weight excluding hydrogens is 266 g/mol. The normalized spacial score (nSPS) is 21.8. The lowest BCUT2D eigenvalue weighted by molar-refractivity contribution is -0.121. The minimum Gasteiger partial charge on any atom is -0.349 e. The third-order valence-electron chi connectivity index (χ3n) is 4.57. The second-order valence-electron chi connectivity index (χ2n) is 6.17. The van der Waals surface area contributed by atoms with Gasteiger partial charge < -0.3 is 15.2 Å². The Hall–Kier alpha value is -1.43. The molecule has 0 aromatic carbocycles. The molecule has 0 radical (unpaired) electrons. The fourth-order valence-corrected chi connectivity index (χ4v) is 3.24. The molecule has 1 fully saturated rings. The lowest BCUT2D eigenvalue weighted by Crippen LogP contribution is -2.25. The quantitative estimate of drug-likeness (QED) is 0.849. The smallest absolute Gasteiger partial charge is 0.220 e. The number of amides is 1. The third kappa shape index (κ3) is 3.81. The van der Waals surface area contributed by atoms with Crippen LogP contribution in [0.2, 0.25) is 0 Å². The molecule has 1 saturated heterocycles. The van der Waals surface area contributed by atoms with E-state index < -0.39 is 0 Å². The minimum absolute atomic E-state index is 0.132. The van der Waals surface area contributed by atoms with E-state index >= 15 is 0 Å². The molecule has 1 amide bonds. The Labute approximate surface area is 125 Å². The Morgan fingerprint density at radius 3 is 3.14 bits per heavy atom. The Kier molecular flexibility index (Phi) is 4.85. The second kappa shape index (κ2) is 7.02. The molecule has 1 unspecified atom stereocenters.